The van der Waals surface area contributed by atoms with Crippen LogP contribution in [0.3, 0.4) is 0 Å². The van der Waals surface area contributed by atoms with Crippen LogP contribution in [-0.2, 0) is 4.79 Å². The van der Waals surface area contributed by atoms with Crippen molar-refractivity contribution in [2.75, 3.05) is 19.4 Å². The van der Waals surface area contributed by atoms with Crippen LogP contribution in [0.1, 0.15) is 36.4 Å². The van der Waals surface area contributed by atoms with Gasteiger partial charge < -0.3 is 9.73 Å². The molecule has 2 aromatic heterocycles. The molecule has 3 aromatic rings. The molecule has 1 fully saturated rings. The van der Waals surface area contributed by atoms with E-state index in [9.17, 15) is 4.79 Å². The molecule has 7 heteroatoms. The maximum atomic E-state index is 12.7. The van der Waals surface area contributed by atoms with Crippen LogP contribution in [0.25, 0.3) is 11.1 Å². The molecule has 0 radical (unpaired) electrons. The molecule has 1 aliphatic rings. The van der Waals surface area contributed by atoms with Crippen molar-refractivity contribution in [2.45, 2.75) is 24.8 Å². The summed E-state index contributed by atoms with van der Waals surface area (Å²) in [6, 6.07) is 5.14. The van der Waals surface area contributed by atoms with Gasteiger partial charge in [0, 0.05) is 23.1 Å². The lowest BCUT2D eigenvalue weighted by Gasteiger charge is -2.21. The van der Waals surface area contributed by atoms with Crippen LogP contribution < -0.4 is 5.32 Å². The van der Waals surface area contributed by atoms with Crippen molar-refractivity contribution in [2.24, 2.45) is 0 Å². The van der Waals surface area contributed by atoms with Crippen LogP contribution in [0.15, 0.2) is 33.5 Å². The largest absolute Gasteiger partial charge is 0.440 e. The number of hydrogen-bond acceptors (Lipinski definition) is 6. The van der Waals surface area contributed by atoms with Gasteiger partial charge in [-0.05, 0) is 39.1 Å². The first-order valence-corrected chi connectivity index (χ1v) is 8.82. The number of carbonyl (C=O) groups is 1. The normalized spacial score (nSPS) is 15.8. The van der Waals surface area contributed by atoms with Gasteiger partial charge in [-0.25, -0.2) is 9.97 Å². The van der Waals surface area contributed by atoms with Gasteiger partial charge in [-0.2, -0.15) is 0 Å². The Bertz CT molecular complexity index is 868. The van der Waals surface area contributed by atoms with Crippen LogP contribution in [0.2, 0.25) is 0 Å². The first-order chi connectivity index (χ1) is 11.6. The van der Waals surface area contributed by atoms with Crippen molar-refractivity contribution in [1.82, 2.24) is 14.9 Å². The average Bonchev–Trinajstić information content (AvgIpc) is 3.09. The van der Waals surface area contributed by atoms with E-state index in [-0.39, 0.29) is 5.91 Å². The van der Waals surface area contributed by atoms with Gasteiger partial charge >= 0.3 is 0 Å². The summed E-state index contributed by atoms with van der Waals surface area (Å²) in [4.78, 5) is 23.3. The SMILES string of the molecule is CN(C)C(C(=O)Nc1ccc2nc(C3CC3)oc2c1)c1cscn1. The van der Waals surface area contributed by atoms with Crippen LogP contribution >= 0.6 is 11.3 Å². The molecule has 1 saturated carbocycles. The lowest BCUT2D eigenvalue weighted by atomic mass is 10.2. The molecule has 1 unspecified atom stereocenters. The van der Waals surface area contributed by atoms with Crippen LogP contribution in [0.4, 0.5) is 5.69 Å². The molecule has 1 atom stereocenters. The molecule has 0 spiro atoms. The standard InChI is InChI=1S/C17H18N4O2S/c1-21(2)15(13-8-24-9-18-13)16(22)19-11-5-6-12-14(7-11)23-17(20-12)10-3-4-10/h5-10,15H,3-4H2,1-2H3,(H,19,22). The zero-order chi connectivity index (χ0) is 16.7. The minimum Gasteiger partial charge on any atom is -0.440 e. The number of thiazole rings is 1. The van der Waals surface area contributed by atoms with Crippen molar-refractivity contribution in [3.63, 3.8) is 0 Å². The van der Waals surface area contributed by atoms with E-state index >= 15 is 0 Å². The summed E-state index contributed by atoms with van der Waals surface area (Å²) >= 11 is 1.48. The number of benzene rings is 1. The van der Waals surface area contributed by atoms with Crippen LogP contribution in [-0.4, -0.2) is 34.9 Å². The van der Waals surface area contributed by atoms with E-state index in [1.807, 2.05) is 42.6 Å². The number of hydrogen-bond donors (Lipinski definition) is 1. The number of amides is 1. The number of aromatic nitrogens is 2. The summed E-state index contributed by atoms with van der Waals surface area (Å²) in [5.41, 5.74) is 4.73. The maximum Gasteiger partial charge on any atom is 0.247 e. The van der Waals surface area contributed by atoms with Crippen molar-refractivity contribution in [3.8, 4) is 0 Å². The van der Waals surface area contributed by atoms with E-state index in [0.29, 0.717) is 17.2 Å². The molecule has 0 saturated heterocycles. The first-order valence-electron chi connectivity index (χ1n) is 7.87. The molecule has 24 heavy (non-hydrogen) atoms. The summed E-state index contributed by atoms with van der Waals surface area (Å²) in [5.74, 6) is 1.16. The fourth-order valence-electron chi connectivity index (χ4n) is 2.73. The molecule has 124 valence electrons. The summed E-state index contributed by atoms with van der Waals surface area (Å²) in [6.45, 7) is 0. The minimum atomic E-state index is -0.427. The van der Waals surface area contributed by atoms with E-state index in [4.69, 9.17) is 4.42 Å². The third kappa shape index (κ3) is 2.92. The molecule has 2 heterocycles. The second-order valence-electron chi connectivity index (χ2n) is 6.28. The Labute approximate surface area is 143 Å². The number of fused-ring (bicyclic) bond motifs is 1. The number of carbonyl (C=O) groups excluding carboxylic acids is 1. The van der Waals surface area contributed by atoms with Crippen LogP contribution in [0.5, 0.6) is 0 Å². The predicted molar refractivity (Wildman–Crippen MR) is 93.2 cm³/mol. The number of nitrogens with zero attached hydrogens (tertiary/aromatic N) is 3. The van der Waals surface area contributed by atoms with Gasteiger partial charge in [-0.3, -0.25) is 9.69 Å². The molecule has 1 aliphatic carbocycles. The molecular formula is C17H18N4O2S. The van der Waals surface area contributed by atoms with Gasteiger partial charge in [0.2, 0.25) is 5.91 Å². The highest BCUT2D eigenvalue weighted by atomic mass is 32.1. The van der Waals surface area contributed by atoms with Gasteiger partial charge in [-0.15, -0.1) is 11.3 Å². The van der Waals surface area contributed by atoms with E-state index < -0.39 is 6.04 Å². The van der Waals surface area contributed by atoms with Gasteiger partial charge in [0.25, 0.3) is 0 Å². The Morgan fingerprint density at radius 1 is 1.42 bits per heavy atom. The van der Waals surface area contributed by atoms with Crippen molar-refractivity contribution >= 4 is 34.0 Å². The molecule has 0 aliphatic heterocycles. The Morgan fingerprint density at radius 2 is 2.25 bits per heavy atom. The average molecular weight is 342 g/mol. The quantitative estimate of drug-likeness (QED) is 0.769. The number of oxazole rings is 1. The van der Waals surface area contributed by atoms with Crippen molar-refractivity contribution < 1.29 is 9.21 Å². The lowest BCUT2D eigenvalue weighted by molar-refractivity contribution is -0.120. The second kappa shape index (κ2) is 5.99. The molecular weight excluding hydrogens is 324 g/mol. The highest BCUT2D eigenvalue weighted by molar-refractivity contribution is 7.07. The smallest absolute Gasteiger partial charge is 0.247 e. The third-order valence-electron chi connectivity index (χ3n) is 4.10. The summed E-state index contributed by atoms with van der Waals surface area (Å²) in [7, 11) is 3.73. The summed E-state index contributed by atoms with van der Waals surface area (Å²) in [6.07, 6.45) is 2.29. The summed E-state index contributed by atoms with van der Waals surface area (Å²) < 4.78 is 5.81. The summed E-state index contributed by atoms with van der Waals surface area (Å²) in [5, 5.41) is 4.85. The van der Waals surface area contributed by atoms with E-state index in [2.05, 4.69) is 15.3 Å². The topological polar surface area (TPSA) is 71.3 Å². The third-order valence-corrected chi connectivity index (χ3v) is 4.70. The van der Waals surface area contributed by atoms with Gasteiger partial charge in [0.1, 0.15) is 11.6 Å². The van der Waals surface area contributed by atoms with Crippen molar-refractivity contribution in [1.29, 1.82) is 0 Å². The Morgan fingerprint density at radius 3 is 2.92 bits per heavy atom. The maximum absolute atomic E-state index is 12.7. The van der Waals surface area contributed by atoms with Gasteiger partial charge in [0.15, 0.2) is 11.5 Å². The lowest BCUT2D eigenvalue weighted by Crippen LogP contribution is -2.32. The predicted octanol–water partition coefficient (Wildman–Crippen LogP) is 3.40. The van der Waals surface area contributed by atoms with Gasteiger partial charge in [-0.1, -0.05) is 0 Å². The van der Waals surface area contributed by atoms with Crippen LogP contribution in [0, 0.1) is 0 Å². The molecule has 1 aromatic carbocycles. The fourth-order valence-corrected chi connectivity index (χ4v) is 3.30. The van der Waals surface area contributed by atoms with E-state index in [1.54, 1.807) is 5.51 Å². The van der Waals surface area contributed by atoms with Crippen molar-refractivity contribution in [3.05, 3.63) is 40.7 Å². The molecule has 1 N–H and O–H groups in total. The Balaban J connectivity index is 1.57. The second-order valence-corrected chi connectivity index (χ2v) is 7.00. The zero-order valence-corrected chi connectivity index (χ0v) is 14.3. The Kier molecular flexibility index (Phi) is 3.82. The number of likely N-dealkylation sites (N-methyl/N-ethyl adjacent to an activating group) is 1. The number of anilines is 1. The Hall–Kier alpha value is -2.25. The first kappa shape index (κ1) is 15.3. The number of nitrogens with one attached hydrogen (secondary N) is 1. The monoisotopic (exact) mass is 342 g/mol. The zero-order valence-electron chi connectivity index (χ0n) is 13.5. The highest BCUT2D eigenvalue weighted by Crippen LogP contribution is 2.40. The molecule has 0 bridgehead atoms. The van der Waals surface area contributed by atoms with E-state index in [0.717, 1.165) is 29.9 Å². The van der Waals surface area contributed by atoms with E-state index in [1.165, 1.54) is 11.3 Å². The molecule has 1 amide bonds. The van der Waals surface area contributed by atoms with Gasteiger partial charge in [0.05, 0.1) is 11.2 Å². The molecule has 4 rings (SSSR count). The number of rotatable bonds is 5. The minimum absolute atomic E-state index is 0.118. The highest BCUT2D eigenvalue weighted by Gasteiger charge is 2.29. The molecule has 6 nitrogen and oxygen atoms in total. The fraction of sp³-hybridized carbons (Fsp3) is 0.353.